The lowest BCUT2D eigenvalue weighted by atomic mass is 9.81. The van der Waals surface area contributed by atoms with Crippen molar-refractivity contribution in [3.8, 4) is 45.9 Å². The van der Waals surface area contributed by atoms with Crippen LogP contribution < -0.4 is 0 Å². The van der Waals surface area contributed by atoms with Gasteiger partial charge in [0.1, 0.15) is 11.2 Å². The van der Waals surface area contributed by atoms with Gasteiger partial charge in [-0.15, -0.1) is 0 Å². The summed E-state index contributed by atoms with van der Waals surface area (Å²) in [7, 11) is 0. The highest BCUT2D eigenvalue weighted by Gasteiger charge is 2.42. The number of rotatable bonds is 3. The van der Waals surface area contributed by atoms with Gasteiger partial charge in [0.15, 0.2) is 11.6 Å². The fourth-order valence-corrected chi connectivity index (χ4v) is 7.89. The van der Waals surface area contributed by atoms with E-state index in [9.17, 15) is 5.26 Å². The minimum Gasteiger partial charge on any atom is -0.455 e. The van der Waals surface area contributed by atoms with E-state index in [0.717, 1.165) is 60.4 Å². The molecule has 230 valence electrons. The average molecular weight is 630 g/mol. The normalized spacial score (nSPS) is 13.2. The summed E-state index contributed by atoms with van der Waals surface area (Å²) in [5, 5.41) is 13.9. The van der Waals surface area contributed by atoms with E-state index in [1.54, 1.807) is 12.1 Å². The molecule has 1 aliphatic rings. The zero-order valence-corrected chi connectivity index (χ0v) is 26.8. The first-order valence-corrected chi connectivity index (χ1v) is 16.4. The Balaban J connectivity index is 1.42. The molecule has 0 saturated carbocycles. The van der Waals surface area contributed by atoms with Crippen LogP contribution in [0.5, 0.6) is 0 Å². The van der Waals surface area contributed by atoms with E-state index >= 15 is 0 Å². The van der Waals surface area contributed by atoms with Gasteiger partial charge in [0.05, 0.1) is 22.7 Å². The van der Waals surface area contributed by atoms with Crippen LogP contribution in [0.15, 0.2) is 132 Å². The molecule has 6 aromatic carbocycles. The molecule has 6 nitrogen and oxygen atoms in total. The van der Waals surface area contributed by atoms with E-state index in [4.69, 9.17) is 19.4 Å². The summed E-state index contributed by atoms with van der Waals surface area (Å²) in [4.78, 5) is 15.4. The van der Waals surface area contributed by atoms with Crippen molar-refractivity contribution in [2.24, 2.45) is 0 Å². The van der Waals surface area contributed by atoms with Gasteiger partial charge in [0.2, 0.25) is 5.95 Å². The molecule has 0 N–H and O–H groups in total. The lowest BCUT2D eigenvalue weighted by molar-refractivity contribution is 0.655. The fourth-order valence-electron chi connectivity index (χ4n) is 7.89. The predicted octanol–water partition coefficient (Wildman–Crippen LogP) is 10.4. The largest absolute Gasteiger partial charge is 0.455 e. The highest BCUT2D eigenvalue weighted by atomic mass is 16.3. The first-order chi connectivity index (χ1) is 24.0. The summed E-state index contributed by atoms with van der Waals surface area (Å²) in [6.45, 7) is 4.61. The third-order valence-electron chi connectivity index (χ3n) is 10.1. The summed E-state index contributed by atoms with van der Waals surface area (Å²) >= 11 is 0. The Hall–Kier alpha value is -6.58. The van der Waals surface area contributed by atoms with Crippen molar-refractivity contribution in [1.82, 2.24) is 19.5 Å². The molecule has 3 aromatic heterocycles. The van der Waals surface area contributed by atoms with Crippen molar-refractivity contribution in [2.75, 3.05) is 0 Å². The summed E-state index contributed by atoms with van der Waals surface area (Å²) in [6, 6.07) is 45.2. The van der Waals surface area contributed by atoms with Crippen LogP contribution in [0, 0.1) is 11.3 Å². The van der Waals surface area contributed by atoms with Crippen molar-refractivity contribution in [2.45, 2.75) is 19.3 Å². The standard InChI is InChI=1S/C43H27N5O/c1-43(2)31-17-9-6-14-28(31)36-37(43)38-34(35-30-16-8-11-19-33(30)49-39(35)36)29-15-7-10-18-32(29)48(38)42-46-40(26-12-4-3-5-13-26)45-41(47-42)27-22-20-25(24-44)21-23-27/h3-23H,1-2H3. The maximum absolute atomic E-state index is 9.47. The number of nitriles is 1. The van der Waals surface area contributed by atoms with Crippen LogP contribution in [0.25, 0.3) is 83.6 Å². The van der Waals surface area contributed by atoms with Gasteiger partial charge < -0.3 is 4.42 Å². The molecular formula is C43H27N5O. The third kappa shape index (κ3) is 3.78. The third-order valence-corrected chi connectivity index (χ3v) is 10.1. The molecule has 0 spiro atoms. The number of furan rings is 1. The summed E-state index contributed by atoms with van der Waals surface area (Å²) in [5.74, 6) is 1.64. The molecule has 0 saturated heterocycles. The number of nitrogens with zero attached hydrogens (tertiary/aromatic N) is 5. The van der Waals surface area contributed by atoms with Gasteiger partial charge in [-0.1, -0.05) is 105 Å². The molecule has 0 radical (unpaired) electrons. The zero-order valence-electron chi connectivity index (χ0n) is 26.8. The number of benzene rings is 6. The predicted molar refractivity (Wildman–Crippen MR) is 195 cm³/mol. The molecular weight excluding hydrogens is 603 g/mol. The van der Waals surface area contributed by atoms with Crippen LogP contribution in [0.2, 0.25) is 0 Å². The number of para-hydroxylation sites is 2. The molecule has 0 atom stereocenters. The first-order valence-electron chi connectivity index (χ1n) is 16.4. The van der Waals surface area contributed by atoms with Crippen LogP contribution in [0.4, 0.5) is 0 Å². The maximum atomic E-state index is 9.47. The molecule has 0 aliphatic heterocycles. The van der Waals surface area contributed by atoms with Crippen molar-refractivity contribution in [3.63, 3.8) is 0 Å². The average Bonchev–Trinajstić information content (AvgIpc) is 3.77. The minimum absolute atomic E-state index is 0.352. The highest BCUT2D eigenvalue weighted by Crippen LogP contribution is 2.57. The second-order valence-electron chi connectivity index (χ2n) is 13.1. The monoisotopic (exact) mass is 629 g/mol. The number of aromatic nitrogens is 4. The number of hydrogen-bond donors (Lipinski definition) is 0. The van der Waals surface area contributed by atoms with Gasteiger partial charge in [0.25, 0.3) is 0 Å². The van der Waals surface area contributed by atoms with E-state index in [0.29, 0.717) is 23.2 Å². The molecule has 0 fully saturated rings. The Morgan fingerprint density at radius 3 is 2.08 bits per heavy atom. The Morgan fingerprint density at radius 1 is 0.653 bits per heavy atom. The highest BCUT2D eigenvalue weighted by molar-refractivity contribution is 6.31. The molecule has 0 bridgehead atoms. The summed E-state index contributed by atoms with van der Waals surface area (Å²) < 4.78 is 9.05. The Kier molecular flexibility index (Phi) is 5.60. The van der Waals surface area contributed by atoms with E-state index < -0.39 is 0 Å². The van der Waals surface area contributed by atoms with Crippen molar-refractivity contribution in [1.29, 1.82) is 5.26 Å². The van der Waals surface area contributed by atoms with E-state index in [-0.39, 0.29) is 5.41 Å². The Labute approximate surface area is 281 Å². The van der Waals surface area contributed by atoms with E-state index in [1.807, 2.05) is 48.5 Å². The first kappa shape index (κ1) is 27.5. The van der Waals surface area contributed by atoms with Gasteiger partial charge in [-0.05, 0) is 53.1 Å². The van der Waals surface area contributed by atoms with Crippen LogP contribution >= 0.6 is 0 Å². The lowest BCUT2D eigenvalue weighted by Gasteiger charge is -2.23. The van der Waals surface area contributed by atoms with Crippen LogP contribution in [0.1, 0.15) is 30.5 Å². The molecule has 1 aliphatic carbocycles. The second-order valence-corrected chi connectivity index (χ2v) is 13.1. The van der Waals surface area contributed by atoms with Gasteiger partial charge in [0, 0.05) is 43.7 Å². The molecule has 49 heavy (non-hydrogen) atoms. The maximum Gasteiger partial charge on any atom is 0.238 e. The summed E-state index contributed by atoms with van der Waals surface area (Å²) in [6.07, 6.45) is 0. The van der Waals surface area contributed by atoms with Crippen LogP contribution in [-0.2, 0) is 5.41 Å². The number of hydrogen-bond acceptors (Lipinski definition) is 5. The Bertz CT molecular complexity index is 2850. The molecule has 3 heterocycles. The molecule has 0 amide bonds. The van der Waals surface area contributed by atoms with Crippen molar-refractivity contribution < 1.29 is 4.42 Å². The summed E-state index contributed by atoms with van der Waals surface area (Å²) in [5.41, 5.74) is 10.5. The molecule has 9 aromatic rings. The second kappa shape index (κ2) is 9.96. The van der Waals surface area contributed by atoms with Crippen LogP contribution in [-0.4, -0.2) is 19.5 Å². The van der Waals surface area contributed by atoms with Crippen LogP contribution in [0.3, 0.4) is 0 Å². The topological polar surface area (TPSA) is 80.5 Å². The Morgan fingerprint density at radius 2 is 1.31 bits per heavy atom. The lowest BCUT2D eigenvalue weighted by Crippen LogP contribution is -2.17. The van der Waals surface area contributed by atoms with Crippen molar-refractivity contribution in [3.05, 3.63) is 144 Å². The van der Waals surface area contributed by atoms with Gasteiger partial charge in [-0.25, -0.2) is 4.98 Å². The van der Waals surface area contributed by atoms with Gasteiger partial charge >= 0.3 is 0 Å². The zero-order chi connectivity index (χ0) is 32.9. The minimum atomic E-state index is -0.352. The fraction of sp³-hybridized carbons (Fsp3) is 0.0698. The smallest absolute Gasteiger partial charge is 0.238 e. The SMILES string of the molecule is CC1(C)c2ccccc2-c2c1c1c(c3ccccc3n1-c1nc(-c3ccccc3)nc(-c3ccc(C#N)cc3)n1)c1c2oc2ccccc21. The van der Waals surface area contributed by atoms with Gasteiger partial charge in [-0.3, -0.25) is 4.57 Å². The molecule has 0 unspecified atom stereocenters. The van der Waals surface area contributed by atoms with Gasteiger partial charge in [-0.2, -0.15) is 15.2 Å². The van der Waals surface area contributed by atoms with Crippen molar-refractivity contribution >= 4 is 43.7 Å². The molecule has 6 heteroatoms. The van der Waals surface area contributed by atoms with E-state index in [2.05, 4.69) is 91.2 Å². The van der Waals surface area contributed by atoms with E-state index in [1.165, 1.54) is 16.7 Å². The quantitative estimate of drug-likeness (QED) is 0.194. The molecule has 10 rings (SSSR count). The number of fused-ring (bicyclic) bond motifs is 12.